The van der Waals surface area contributed by atoms with Gasteiger partial charge in [0.25, 0.3) is 0 Å². The third-order valence-corrected chi connectivity index (χ3v) is 3.25. The molecular formula is C16H10N7. The number of rotatable bonds is 3. The van der Waals surface area contributed by atoms with Crippen molar-refractivity contribution < 1.29 is 0 Å². The second kappa shape index (κ2) is 5.72. The molecule has 4 aromatic heterocycles. The van der Waals surface area contributed by atoms with E-state index in [2.05, 4.69) is 36.2 Å². The maximum Gasteiger partial charge on any atom is 0.101 e. The summed E-state index contributed by atoms with van der Waals surface area (Å²) < 4.78 is 1.74. The topological polar surface area (TPSA) is 82.3 Å². The van der Waals surface area contributed by atoms with E-state index in [1.54, 1.807) is 54.3 Å². The number of pyridine rings is 1. The summed E-state index contributed by atoms with van der Waals surface area (Å²) in [6, 6.07) is 1.85. The van der Waals surface area contributed by atoms with Gasteiger partial charge in [-0.05, 0) is 6.07 Å². The molecule has 0 unspecified atom stereocenters. The van der Waals surface area contributed by atoms with Gasteiger partial charge in [0.05, 0.1) is 35.0 Å². The summed E-state index contributed by atoms with van der Waals surface area (Å²) in [7, 11) is 0. The summed E-state index contributed by atoms with van der Waals surface area (Å²) in [5, 5.41) is 4.33. The van der Waals surface area contributed by atoms with Gasteiger partial charge in [-0.3, -0.25) is 24.9 Å². The predicted molar refractivity (Wildman–Crippen MR) is 82.2 cm³/mol. The molecule has 4 rings (SSSR count). The van der Waals surface area contributed by atoms with Crippen LogP contribution in [0.5, 0.6) is 0 Å². The Morgan fingerprint density at radius 1 is 0.826 bits per heavy atom. The van der Waals surface area contributed by atoms with Gasteiger partial charge in [0, 0.05) is 48.9 Å². The lowest BCUT2D eigenvalue weighted by molar-refractivity contribution is 0.878. The van der Waals surface area contributed by atoms with Crippen molar-refractivity contribution in [2.75, 3.05) is 0 Å². The van der Waals surface area contributed by atoms with Crippen LogP contribution in [0.15, 0.2) is 61.8 Å². The van der Waals surface area contributed by atoms with Crippen LogP contribution in [0.1, 0.15) is 0 Å². The molecule has 0 saturated carbocycles. The van der Waals surface area contributed by atoms with Gasteiger partial charge in [0.15, 0.2) is 0 Å². The molecule has 1 radical (unpaired) electrons. The molecule has 7 nitrogen and oxygen atoms in total. The molecule has 4 aromatic rings. The summed E-state index contributed by atoms with van der Waals surface area (Å²) in [5.74, 6) is 0. The molecule has 0 bridgehead atoms. The third-order valence-electron chi connectivity index (χ3n) is 3.25. The molecule has 0 spiro atoms. The van der Waals surface area contributed by atoms with E-state index in [4.69, 9.17) is 0 Å². The summed E-state index contributed by atoms with van der Waals surface area (Å²) >= 11 is 0. The van der Waals surface area contributed by atoms with E-state index in [9.17, 15) is 0 Å². The quantitative estimate of drug-likeness (QED) is 0.575. The Morgan fingerprint density at radius 2 is 1.61 bits per heavy atom. The van der Waals surface area contributed by atoms with Gasteiger partial charge in [-0.1, -0.05) is 0 Å². The van der Waals surface area contributed by atoms with Gasteiger partial charge in [0.1, 0.15) is 6.20 Å². The van der Waals surface area contributed by atoms with Crippen LogP contribution in [0.25, 0.3) is 28.2 Å². The highest BCUT2D eigenvalue weighted by molar-refractivity contribution is 5.80. The van der Waals surface area contributed by atoms with E-state index in [1.165, 1.54) is 0 Å². The van der Waals surface area contributed by atoms with Crippen LogP contribution in [-0.2, 0) is 0 Å². The second-order valence-corrected chi connectivity index (χ2v) is 4.64. The molecule has 0 aromatic carbocycles. The molecule has 23 heavy (non-hydrogen) atoms. The normalized spacial score (nSPS) is 10.6. The van der Waals surface area contributed by atoms with Gasteiger partial charge in [-0.25, -0.2) is 4.68 Å². The van der Waals surface area contributed by atoms with Crippen molar-refractivity contribution in [2.24, 2.45) is 0 Å². The first-order chi connectivity index (χ1) is 11.4. The lowest BCUT2D eigenvalue weighted by Gasteiger charge is -2.12. The second-order valence-electron chi connectivity index (χ2n) is 4.64. The van der Waals surface area contributed by atoms with Crippen LogP contribution < -0.4 is 0 Å². The molecule has 0 saturated heterocycles. The first-order valence-corrected chi connectivity index (χ1v) is 6.87. The van der Waals surface area contributed by atoms with Crippen molar-refractivity contribution >= 4 is 0 Å². The van der Waals surface area contributed by atoms with Gasteiger partial charge in [0.2, 0.25) is 0 Å². The van der Waals surface area contributed by atoms with Gasteiger partial charge >= 0.3 is 0 Å². The maximum absolute atomic E-state index is 4.36. The molecule has 0 N–H and O–H groups in total. The molecular weight excluding hydrogens is 290 g/mol. The van der Waals surface area contributed by atoms with E-state index >= 15 is 0 Å². The Hall–Kier alpha value is -3.48. The molecule has 109 valence electrons. The van der Waals surface area contributed by atoms with Crippen LogP contribution in [0.3, 0.4) is 0 Å². The Bertz CT molecular complexity index is 848. The fraction of sp³-hybridized carbons (Fsp3) is 0. The van der Waals surface area contributed by atoms with Crippen LogP contribution in [0, 0.1) is 6.20 Å². The molecule has 0 amide bonds. The van der Waals surface area contributed by atoms with E-state index in [-0.39, 0.29) is 0 Å². The minimum Gasteiger partial charge on any atom is -0.261 e. The monoisotopic (exact) mass is 300 g/mol. The first-order valence-electron chi connectivity index (χ1n) is 6.87. The van der Waals surface area contributed by atoms with Crippen LogP contribution in [0.2, 0.25) is 0 Å². The number of aromatic nitrogens is 7. The average molecular weight is 300 g/mol. The van der Waals surface area contributed by atoms with E-state index in [0.717, 1.165) is 11.3 Å². The summed E-state index contributed by atoms with van der Waals surface area (Å²) in [6.45, 7) is 0. The van der Waals surface area contributed by atoms with E-state index in [1.807, 2.05) is 12.3 Å². The highest BCUT2D eigenvalue weighted by Crippen LogP contribution is 2.31. The van der Waals surface area contributed by atoms with Crippen molar-refractivity contribution in [3.63, 3.8) is 0 Å². The Labute approximate surface area is 131 Å². The van der Waals surface area contributed by atoms with Crippen molar-refractivity contribution in [3.05, 3.63) is 68.0 Å². The third kappa shape index (κ3) is 2.44. The molecule has 0 aliphatic carbocycles. The molecule has 0 aliphatic heterocycles. The molecule has 0 atom stereocenters. The Balaban J connectivity index is 2.01. The summed E-state index contributed by atoms with van der Waals surface area (Å²) in [6.07, 6.45) is 18.1. The molecule has 7 heteroatoms. The predicted octanol–water partition coefficient (Wildman–Crippen LogP) is 1.98. The number of hydrogen-bond donors (Lipinski definition) is 0. The fourth-order valence-corrected chi connectivity index (χ4v) is 2.28. The zero-order chi connectivity index (χ0) is 15.5. The number of hydrogen-bond acceptors (Lipinski definition) is 6. The maximum atomic E-state index is 4.36. The van der Waals surface area contributed by atoms with Crippen molar-refractivity contribution in [2.45, 2.75) is 0 Å². The van der Waals surface area contributed by atoms with E-state index in [0.29, 0.717) is 17.0 Å². The summed E-state index contributed by atoms with van der Waals surface area (Å²) in [4.78, 5) is 21.2. The van der Waals surface area contributed by atoms with Crippen molar-refractivity contribution in [1.82, 2.24) is 34.7 Å². The lowest BCUT2D eigenvalue weighted by Crippen LogP contribution is -2.03. The Morgan fingerprint density at radius 3 is 2.26 bits per heavy atom. The lowest BCUT2D eigenvalue weighted by atomic mass is 10.1. The largest absolute Gasteiger partial charge is 0.261 e. The van der Waals surface area contributed by atoms with Gasteiger partial charge < -0.3 is 0 Å². The first kappa shape index (κ1) is 13.2. The average Bonchev–Trinajstić information content (AvgIpc) is 3.17. The standard InChI is InChI=1S/C16H10N7/c1-2-22-23(7-1)16-12(14-10-17-3-5-20-14)8-19-9-13(16)15-11-18-4-6-21-15/h1-8,10-11H. The number of nitrogens with zero attached hydrogens (tertiary/aromatic N) is 7. The Kier molecular flexibility index (Phi) is 3.28. The van der Waals surface area contributed by atoms with Crippen LogP contribution in [0.4, 0.5) is 0 Å². The van der Waals surface area contributed by atoms with Gasteiger partial charge in [-0.2, -0.15) is 5.10 Å². The zero-order valence-corrected chi connectivity index (χ0v) is 11.9. The molecule has 0 aliphatic rings. The molecule has 0 fully saturated rings. The van der Waals surface area contributed by atoms with Crippen molar-refractivity contribution in [3.8, 4) is 28.2 Å². The van der Waals surface area contributed by atoms with Crippen molar-refractivity contribution in [1.29, 1.82) is 0 Å². The van der Waals surface area contributed by atoms with E-state index < -0.39 is 0 Å². The molecule has 4 heterocycles. The zero-order valence-electron chi connectivity index (χ0n) is 11.9. The highest BCUT2D eigenvalue weighted by atomic mass is 15.3. The minimum absolute atomic E-state index is 0.663. The fourth-order valence-electron chi connectivity index (χ4n) is 2.28. The SMILES string of the molecule is [c]1ncc(-c2cnccn2)c(-n2cccn2)c1-c1cnccn1. The minimum atomic E-state index is 0.663. The van der Waals surface area contributed by atoms with Crippen LogP contribution in [-0.4, -0.2) is 34.7 Å². The van der Waals surface area contributed by atoms with Crippen LogP contribution >= 0.6 is 0 Å². The van der Waals surface area contributed by atoms with Gasteiger partial charge in [-0.15, -0.1) is 0 Å². The summed E-state index contributed by atoms with van der Waals surface area (Å²) in [5.41, 5.74) is 3.64. The smallest absolute Gasteiger partial charge is 0.101 e. The highest BCUT2D eigenvalue weighted by Gasteiger charge is 2.17.